The summed E-state index contributed by atoms with van der Waals surface area (Å²) in [4.78, 5) is 6.20. The number of aromatic amines is 1. The Balaban J connectivity index is 1.80. The summed E-state index contributed by atoms with van der Waals surface area (Å²) >= 11 is 0. The number of likely N-dealkylation sites (tertiary alicyclic amines) is 1. The zero-order valence-electron chi connectivity index (χ0n) is 20.2. The number of hydrogen-bond acceptors (Lipinski definition) is 5. The lowest BCUT2D eigenvalue weighted by Crippen LogP contribution is -2.63. The minimum atomic E-state index is -5.74. The van der Waals surface area contributed by atoms with Gasteiger partial charge < -0.3 is 15.1 Å². The van der Waals surface area contributed by atoms with E-state index < -0.39 is 34.3 Å². The van der Waals surface area contributed by atoms with Gasteiger partial charge >= 0.3 is 12.1 Å². The van der Waals surface area contributed by atoms with Crippen LogP contribution < -0.4 is 0 Å². The van der Waals surface area contributed by atoms with Gasteiger partial charge in [0.1, 0.15) is 11.2 Å². The Hall–Kier alpha value is -2.89. The van der Waals surface area contributed by atoms with E-state index in [1.807, 2.05) is 18.9 Å². The van der Waals surface area contributed by atoms with Crippen LogP contribution in [0.15, 0.2) is 48.8 Å². The summed E-state index contributed by atoms with van der Waals surface area (Å²) in [6, 6.07) is 6.89. The Morgan fingerprint density at radius 2 is 1.50 bits per heavy atom. The van der Waals surface area contributed by atoms with E-state index in [9.17, 15) is 32.2 Å². The van der Waals surface area contributed by atoms with Crippen molar-refractivity contribution < 1.29 is 32.2 Å². The van der Waals surface area contributed by atoms with Gasteiger partial charge in [-0.1, -0.05) is 31.2 Å². The molecule has 0 saturated carbocycles. The fraction of sp³-hybridized carbons (Fsp3) is 0.440. The second-order valence-electron chi connectivity index (χ2n) is 10.3. The molecule has 0 spiro atoms. The third-order valence-corrected chi connectivity index (χ3v) is 6.82. The maximum absolute atomic E-state index is 13.9. The van der Waals surface area contributed by atoms with Crippen LogP contribution in [0.25, 0.3) is 11.3 Å². The second kappa shape index (κ2) is 8.32. The second-order valence-corrected chi connectivity index (χ2v) is 10.3. The first kappa shape index (κ1) is 26.2. The van der Waals surface area contributed by atoms with Gasteiger partial charge in [-0.3, -0.25) is 10.1 Å². The Morgan fingerprint density at radius 3 is 2.00 bits per heavy atom. The van der Waals surface area contributed by atoms with Crippen LogP contribution in [-0.4, -0.2) is 56.6 Å². The largest absolute Gasteiger partial charge is 0.458 e. The number of aromatic nitrogens is 3. The van der Waals surface area contributed by atoms with E-state index in [2.05, 4.69) is 15.2 Å². The maximum atomic E-state index is 13.9. The molecule has 0 radical (unpaired) electrons. The van der Waals surface area contributed by atoms with E-state index >= 15 is 0 Å². The van der Waals surface area contributed by atoms with Crippen molar-refractivity contribution in [1.82, 2.24) is 20.1 Å². The third-order valence-electron chi connectivity index (χ3n) is 6.82. The van der Waals surface area contributed by atoms with Crippen LogP contribution in [0.2, 0.25) is 0 Å². The summed E-state index contributed by atoms with van der Waals surface area (Å²) in [6.45, 7) is 5.90. The molecular formula is C25H27F5N4O2. The minimum absolute atomic E-state index is 0.165. The van der Waals surface area contributed by atoms with Crippen molar-refractivity contribution in [1.29, 1.82) is 0 Å². The van der Waals surface area contributed by atoms with Crippen molar-refractivity contribution in [2.75, 3.05) is 20.1 Å². The normalized spacial score (nSPS) is 18.5. The first-order valence-corrected chi connectivity index (χ1v) is 11.2. The van der Waals surface area contributed by atoms with E-state index in [0.717, 1.165) is 12.1 Å². The highest BCUT2D eigenvalue weighted by Gasteiger charge is 2.59. The summed E-state index contributed by atoms with van der Waals surface area (Å²) in [5.74, 6) is -5.02. The predicted molar refractivity (Wildman–Crippen MR) is 122 cm³/mol. The SMILES string of the molecule is CN1CC(C)([C@](O)(c2ccc(C(F)(F)C(F)(F)F)cc2)c2cncc(-c3cc(C(C)(C)O)[nH]n3)c2)C1. The number of H-pyrrole nitrogens is 1. The molecule has 3 aromatic rings. The fourth-order valence-electron chi connectivity index (χ4n) is 4.88. The van der Waals surface area contributed by atoms with Crippen molar-refractivity contribution in [3.8, 4) is 11.3 Å². The molecule has 11 heteroatoms. The van der Waals surface area contributed by atoms with Crippen molar-refractivity contribution in [3.05, 3.63) is 71.2 Å². The minimum Gasteiger partial charge on any atom is -0.384 e. The van der Waals surface area contributed by atoms with Crippen molar-refractivity contribution in [2.24, 2.45) is 5.41 Å². The molecule has 3 N–H and O–H groups in total. The topological polar surface area (TPSA) is 85.3 Å². The van der Waals surface area contributed by atoms with Crippen molar-refractivity contribution in [3.63, 3.8) is 0 Å². The molecule has 0 aliphatic carbocycles. The molecule has 1 fully saturated rings. The first-order valence-electron chi connectivity index (χ1n) is 11.2. The lowest BCUT2D eigenvalue weighted by atomic mass is 9.62. The van der Waals surface area contributed by atoms with Crippen molar-refractivity contribution >= 4 is 0 Å². The Labute approximate surface area is 204 Å². The lowest BCUT2D eigenvalue weighted by molar-refractivity contribution is -0.289. The molecule has 194 valence electrons. The summed E-state index contributed by atoms with van der Waals surface area (Å²) < 4.78 is 66.3. The summed E-state index contributed by atoms with van der Waals surface area (Å²) in [7, 11) is 1.85. The van der Waals surface area contributed by atoms with Crippen LogP contribution in [0, 0.1) is 5.41 Å². The molecule has 2 aromatic heterocycles. The molecule has 3 heterocycles. The molecular weight excluding hydrogens is 483 g/mol. The molecule has 0 bridgehead atoms. The average Bonchev–Trinajstić information content (AvgIpc) is 3.28. The number of halogens is 5. The molecule has 0 amide bonds. The van der Waals surface area contributed by atoms with Crippen LogP contribution >= 0.6 is 0 Å². The standard InChI is InChI=1S/C25H27F5N4O2/c1-21(2,35)20-10-19(32-33-20)15-9-18(12-31-11-15)23(36,22(3)13-34(4)14-22)16-5-7-17(8-6-16)24(26,27)25(28,29)30/h5-12,35-36H,13-14H2,1-4H3,(H,32,33)/t23-/m0/s1. The highest BCUT2D eigenvalue weighted by atomic mass is 19.4. The van der Waals surface area contributed by atoms with Crippen LogP contribution in [0.1, 0.15) is 43.2 Å². The molecule has 4 rings (SSSR count). The molecule has 1 saturated heterocycles. The number of alkyl halides is 5. The van der Waals surface area contributed by atoms with E-state index in [4.69, 9.17) is 0 Å². The van der Waals surface area contributed by atoms with Crippen molar-refractivity contribution in [2.45, 2.75) is 44.1 Å². The number of nitrogens with one attached hydrogen (secondary N) is 1. The van der Waals surface area contributed by atoms with Gasteiger partial charge in [-0.25, -0.2) is 0 Å². The monoisotopic (exact) mass is 510 g/mol. The fourth-order valence-corrected chi connectivity index (χ4v) is 4.88. The number of benzene rings is 1. The van der Waals surface area contributed by atoms with Gasteiger partial charge in [-0.2, -0.15) is 27.1 Å². The Bertz CT molecular complexity index is 1240. The van der Waals surface area contributed by atoms with Crippen LogP contribution in [0.4, 0.5) is 22.0 Å². The number of aliphatic hydroxyl groups is 2. The number of hydrogen-bond donors (Lipinski definition) is 3. The van der Waals surface area contributed by atoms with E-state index in [-0.39, 0.29) is 5.56 Å². The summed E-state index contributed by atoms with van der Waals surface area (Å²) in [5, 5.41) is 29.4. The van der Waals surface area contributed by atoms with E-state index in [1.165, 1.54) is 12.4 Å². The molecule has 1 atom stereocenters. The van der Waals surface area contributed by atoms with Gasteiger partial charge in [-0.15, -0.1) is 0 Å². The molecule has 1 aliphatic rings. The zero-order chi connectivity index (χ0) is 26.7. The van der Waals surface area contributed by atoms with Crippen LogP contribution in [0.5, 0.6) is 0 Å². The lowest BCUT2D eigenvalue weighted by Gasteiger charge is -2.55. The summed E-state index contributed by atoms with van der Waals surface area (Å²) in [6.07, 6.45) is -2.78. The maximum Gasteiger partial charge on any atom is 0.458 e. The highest BCUT2D eigenvalue weighted by molar-refractivity contribution is 5.60. The zero-order valence-corrected chi connectivity index (χ0v) is 20.2. The van der Waals surface area contributed by atoms with Gasteiger partial charge in [0.2, 0.25) is 0 Å². The Morgan fingerprint density at radius 1 is 0.917 bits per heavy atom. The molecule has 1 aliphatic heterocycles. The van der Waals surface area contributed by atoms with Gasteiger partial charge in [0.15, 0.2) is 0 Å². The quantitative estimate of drug-likeness (QED) is 0.424. The van der Waals surface area contributed by atoms with Gasteiger partial charge in [0.05, 0.1) is 11.4 Å². The number of nitrogens with zero attached hydrogens (tertiary/aromatic N) is 3. The summed E-state index contributed by atoms with van der Waals surface area (Å²) in [5.41, 5.74) is -2.98. The number of pyridine rings is 1. The molecule has 6 nitrogen and oxygen atoms in total. The Kier molecular flexibility index (Phi) is 6.05. The molecule has 1 aromatic carbocycles. The van der Waals surface area contributed by atoms with Crippen LogP contribution in [-0.2, 0) is 17.1 Å². The van der Waals surface area contributed by atoms with Gasteiger partial charge in [-0.05, 0) is 38.6 Å². The van der Waals surface area contributed by atoms with Crippen LogP contribution in [0.3, 0.4) is 0 Å². The third kappa shape index (κ3) is 4.18. The average molecular weight is 511 g/mol. The smallest absolute Gasteiger partial charge is 0.384 e. The van der Waals surface area contributed by atoms with E-state index in [1.54, 1.807) is 26.0 Å². The predicted octanol–water partition coefficient (Wildman–Crippen LogP) is 4.54. The van der Waals surface area contributed by atoms with Gasteiger partial charge in [0.25, 0.3) is 0 Å². The highest BCUT2D eigenvalue weighted by Crippen LogP contribution is 2.51. The molecule has 36 heavy (non-hydrogen) atoms. The number of rotatable bonds is 6. The molecule has 0 unspecified atom stereocenters. The van der Waals surface area contributed by atoms with Gasteiger partial charge in [0, 0.05) is 47.6 Å². The van der Waals surface area contributed by atoms with E-state index in [0.29, 0.717) is 47.7 Å². The first-order chi connectivity index (χ1) is 16.5.